The molecule has 0 amide bonds. The summed E-state index contributed by atoms with van der Waals surface area (Å²) in [6.07, 6.45) is 1.71. The second-order valence-corrected chi connectivity index (χ2v) is 5.00. The topological polar surface area (TPSA) is 50.9 Å². The molecule has 18 heavy (non-hydrogen) atoms. The maximum absolute atomic E-state index is 5.66. The van der Waals surface area contributed by atoms with Crippen molar-refractivity contribution in [3.05, 3.63) is 58.2 Å². The Morgan fingerprint density at radius 2 is 2.06 bits per heavy atom. The number of pyridine rings is 1. The summed E-state index contributed by atoms with van der Waals surface area (Å²) in [6.45, 7) is 0.661. The van der Waals surface area contributed by atoms with E-state index >= 15 is 0 Å². The molecule has 5 heteroatoms. The van der Waals surface area contributed by atoms with E-state index in [0.717, 1.165) is 15.6 Å². The summed E-state index contributed by atoms with van der Waals surface area (Å²) in [7, 11) is 0. The van der Waals surface area contributed by atoms with Crippen LogP contribution in [0, 0.1) is 0 Å². The molecule has 0 aliphatic carbocycles. The molecule has 0 bridgehead atoms. The van der Waals surface area contributed by atoms with Gasteiger partial charge in [0.2, 0.25) is 0 Å². The summed E-state index contributed by atoms with van der Waals surface area (Å²) in [4.78, 5) is 4.60. The van der Waals surface area contributed by atoms with Gasteiger partial charge in [0.15, 0.2) is 0 Å². The molecule has 0 atom stereocenters. The van der Waals surface area contributed by atoms with Crippen LogP contribution in [0.15, 0.2) is 47.1 Å². The lowest BCUT2D eigenvalue weighted by Gasteiger charge is -2.10. The van der Waals surface area contributed by atoms with Gasteiger partial charge in [-0.1, -0.05) is 46.3 Å². The van der Waals surface area contributed by atoms with Crippen molar-refractivity contribution in [1.82, 2.24) is 4.98 Å². The molecule has 1 aromatic carbocycles. The molecule has 0 spiro atoms. The first-order valence-corrected chi connectivity index (χ1v) is 6.60. The average molecular weight is 322 g/mol. The first-order chi connectivity index (χ1) is 8.68. The van der Waals surface area contributed by atoms with E-state index in [0.29, 0.717) is 17.4 Å². The third-order valence-electron chi connectivity index (χ3n) is 2.48. The molecule has 0 fully saturated rings. The van der Waals surface area contributed by atoms with Crippen LogP contribution in [0.25, 0.3) is 0 Å². The Balaban J connectivity index is 2.16. The lowest BCUT2D eigenvalue weighted by molar-refractivity contribution is 1.10. The summed E-state index contributed by atoms with van der Waals surface area (Å²) in [5.41, 5.74) is 7.57. The fourth-order valence-electron chi connectivity index (χ4n) is 1.57. The van der Waals surface area contributed by atoms with E-state index in [9.17, 15) is 0 Å². The Bertz CT molecular complexity index is 572. The lowest BCUT2D eigenvalue weighted by Crippen LogP contribution is -2.14. The van der Waals surface area contributed by atoms with Crippen molar-refractivity contribution in [1.29, 1.82) is 0 Å². The number of halogens is 1. The predicted molar refractivity (Wildman–Crippen MR) is 81.6 cm³/mol. The molecule has 2 rings (SSSR count). The Hall–Kier alpha value is -1.46. The van der Waals surface area contributed by atoms with Crippen LogP contribution in [0.4, 0.5) is 5.82 Å². The zero-order valence-electron chi connectivity index (χ0n) is 9.56. The van der Waals surface area contributed by atoms with Gasteiger partial charge in [-0.25, -0.2) is 4.98 Å². The van der Waals surface area contributed by atoms with Gasteiger partial charge >= 0.3 is 0 Å². The molecule has 1 aromatic heterocycles. The van der Waals surface area contributed by atoms with Crippen molar-refractivity contribution in [2.45, 2.75) is 6.54 Å². The summed E-state index contributed by atoms with van der Waals surface area (Å²) >= 11 is 8.50. The zero-order chi connectivity index (χ0) is 13.0. The molecule has 1 heterocycles. The summed E-state index contributed by atoms with van der Waals surface area (Å²) in [5, 5.41) is 3.24. The second kappa shape index (κ2) is 5.93. The summed E-state index contributed by atoms with van der Waals surface area (Å²) < 4.78 is 1.06. The number of nitrogens with one attached hydrogen (secondary N) is 1. The van der Waals surface area contributed by atoms with E-state index < -0.39 is 0 Å². The number of nitrogens with zero attached hydrogens (tertiary/aromatic N) is 1. The largest absolute Gasteiger partial charge is 0.389 e. The van der Waals surface area contributed by atoms with Crippen LogP contribution < -0.4 is 11.1 Å². The van der Waals surface area contributed by atoms with Gasteiger partial charge in [-0.05, 0) is 23.8 Å². The smallest absolute Gasteiger partial charge is 0.136 e. The van der Waals surface area contributed by atoms with Crippen molar-refractivity contribution in [2.24, 2.45) is 5.73 Å². The molecule has 0 saturated carbocycles. The van der Waals surface area contributed by atoms with E-state index in [1.165, 1.54) is 0 Å². The highest BCUT2D eigenvalue weighted by molar-refractivity contribution is 9.10. The van der Waals surface area contributed by atoms with Crippen LogP contribution in [0.3, 0.4) is 0 Å². The van der Waals surface area contributed by atoms with E-state index in [1.54, 1.807) is 6.20 Å². The highest BCUT2D eigenvalue weighted by Gasteiger charge is 2.06. The van der Waals surface area contributed by atoms with Gasteiger partial charge in [0.1, 0.15) is 10.8 Å². The first-order valence-electron chi connectivity index (χ1n) is 5.40. The van der Waals surface area contributed by atoms with Gasteiger partial charge in [-0.3, -0.25) is 0 Å². The SMILES string of the molecule is NC(=S)c1cccnc1NCc1ccccc1Br. The minimum Gasteiger partial charge on any atom is -0.389 e. The molecular weight excluding hydrogens is 310 g/mol. The van der Waals surface area contributed by atoms with E-state index in [-0.39, 0.29) is 0 Å². The van der Waals surface area contributed by atoms with Crippen LogP contribution in [-0.4, -0.2) is 9.97 Å². The Kier molecular flexibility index (Phi) is 4.28. The number of hydrogen-bond acceptors (Lipinski definition) is 3. The van der Waals surface area contributed by atoms with Gasteiger partial charge in [-0.2, -0.15) is 0 Å². The lowest BCUT2D eigenvalue weighted by atomic mass is 10.2. The van der Waals surface area contributed by atoms with Crippen LogP contribution in [0.1, 0.15) is 11.1 Å². The molecule has 0 aliphatic rings. The van der Waals surface area contributed by atoms with Gasteiger partial charge in [0, 0.05) is 17.2 Å². The molecule has 0 aliphatic heterocycles. The average Bonchev–Trinajstić information content (AvgIpc) is 2.38. The fourth-order valence-corrected chi connectivity index (χ4v) is 2.16. The third kappa shape index (κ3) is 3.05. The zero-order valence-corrected chi connectivity index (χ0v) is 12.0. The normalized spacial score (nSPS) is 10.1. The van der Waals surface area contributed by atoms with Gasteiger partial charge in [-0.15, -0.1) is 0 Å². The summed E-state index contributed by atoms with van der Waals surface area (Å²) in [5.74, 6) is 0.709. The van der Waals surface area contributed by atoms with Crippen molar-refractivity contribution < 1.29 is 0 Å². The van der Waals surface area contributed by atoms with E-state index in [4.69, 9.17) is 18.0 Å². The first kappa shape index (κ1) is 13.0. The minimum absolute atomic E-state index is 0.345. The molecule has 3 nitrogen and oxygen atoms in total. The maximum atomic E-state index is 5.66. The number of nitrogens with two attached hydrogens (primary N) is 1. The Morgan fingerprint density at radius 1 is 1.28 bits per heavy atom. The number of aromatic nitrogens is 1. The van der Waals surface area contributed by atoms with Crippen LogP contribution >= 0.6 is 28.1 Å². The van der Waals surface area contributed by atoms with Crippen molar-refractivity contribution in [3.8, 4) is 0 Å². The van der Waals surface area contributed by atoms with Crippen molar-refractivity contribution in [2.75, 3.05) is 5.32 Å². The number of hydrogen-bond donors (Lipinski definition) is 2. The van der Waals surface area contributed by atoms with Gasteiger partial charge in [0.05, 0.1) is 5.56 Å². The highest BCUT2D eigenvalue weighted by atomic mass is 79.9. The molecule has 92 valence electrons. The third-order valence-corrected chi connectivity index (χ3v) is 3.47. The Morgan fingerprint density at radius 3 is 2.78 bits per heavy atom. The molecule has 3 N–H and O–H groups in total. The molecule has 0 radical (unpaired) electrons. The number of anilines is 1. The maximum Gasteiger partial charge on any atom is 0.136 e. The monoisotopic (exact) mass is 321 g/mol. The molecule has 2 aromatic rings. The van der Waals surface area contributed by atoms with Crippen LogP contribution in [-0.2, 0) is 6.54 Å². The second-order valence-electron chi connectivity index (χ2n) is 3.71. The number of rotatable bonds is 4. The van der Waals surface area contributed by atoms with E-state index in [1.807, 2.05) is 36.4 Å². The van der Waals surface area contributed by atoms with Crippen LogP contribution in [0.2, 0.25) is 0 Å². The van der Waals surface area contributed by atoms with Gasteiger partial charge < -0.3 is 11.1 Å². The van der Waals surface area contributed by atoms with Gasteiger partial charge in [0.25, 0.3) is 0 Å². The molecular formula is C13H12BrN3S. The fraction of sp³-hybridized carbons (Fsp3) is 0.0769. The standard InChI is InChI=1S/C13H12BrN3S/c14-11-6-2-1-4-9(11)8-17-13-10(12(15)18)5-3-7-16-13/h1-7H,8H2,(H2,15,18)(H,16,17). The van der Waals surface area contributed by atoms with Crippen molar-refractivity contribution >= 4 is 39.0 Å². The number of benzene rings is 1. The molecule has 0 saturated heterocycles. The summed E-state index contributed by atoms with van der Waals surface area (Å²) in [6, 6.07) is 11.7. The van der Waals surface area contributed by atoms with Crippen molar-refractivity contribution in [3.63, 3.8) is 0 Å². The quantitative estimate of drug-likeness (QED) is 0.850. The highest BCUT2D eigenvalue weighted by Crippen LogP contribution is 2.18. The molecule has 0 unspecified atom stereocenters. The van der Waals surface area contributed by atoms with E-state index in [2.05, 4.69) is 26.2 Å². The number of thiocarbonyl (C=S) groups is 1. The van der Waals surface area contributed by atoms with Crippen LogP contribution in [0.5, 0.6) is 0 Å². The Labute approximate surface area is 120 Å². The predicted octanol–water partition coefficient (Wildman–Crippen LogP) is 3.09. The minimum atomic E-state index is 0.345.